The van der Waals surface area contributed by atoms with Gasteiger partial charge in [-0.2, -0.15) is 0 Å². The summed E-state index contributed by atoms with van der Waals surface area (Å²) in [4.78, 5) is 70.7. The molecule has 14 nitrogen and oxygen atoms in total. The smallest absolute Gasteiger partial charge is 0.328 e. The normalized spacial score (nSPS) is 13.2. The van der Waals surface area contributed by atoms with E-state index in [-0.39, 0.29) is 36.3 Å². The average Bonchev–Trinajstić information content (AvgIpc) is 2.83. The summed E-state index contributed by atoms with van der Waals surface area (Å²) >= 11 is 0. The summed E-state index contributed by atoms with van der Waals surface area (Å²) in [6.45, 7) is 0. The van der Waals surface area contributed by atoms with E-state index in [1.54, 1.807) is 0 Å². The van der Waals surface area contributed by atoms with Gasteiger partial charge in [0.05, 0.1) is 53.4 Å². The lowest BCUT2D eigenvalue weighted by atomic mass is 10.2. The second kappa shape index (κ2) is 21.1. The van der Waals surface area contributed by atoms with Gasteiger partial charge in [0.1, 0.15) is 12.1 Å². The molecule has 4 unspecified atom stereocenters. The molecule has 6 N–H and O–H groups in total. The topological polar surface area (TPSA) is 215 Å². The van der Waals surface area contributed by atoms with Crippen molar-refractivity contribution in [1.82, 2.24) is 10.6 Å². The van der Waals surface area contributed by atoms with E-state index in [4.69, 9.17) is 11.5 Å². The van der Waals surface area contributed by atoms with E-state index in [0.717, 1.165) is 50.0 Å². The Bertz CT molecular complexity index is 691. The molecule has 0 aromatic heterocycles. The SMILES string of the molecule is COC(=O)CC(NC(=O)C(N)CSSCC(N)C(=O)NC(CC(=O)OC)C(=O)OC)C(=O)OC.Cl.Cl. The zero-order valence-electron chi connectivity index (χ0n) is 20.0. The Morgan fingerprint density at radius 2 is 0.944 bits per heavy atom. The molecule has 0 bridgehead atoms. The summed E-state index contributed by atoms with van der Waals surface area (Å²) in [6, 6.07) is -4.59. The van der Waals surface area contributed by atoms with E-state index in [0.29, 0.717) is 0 Å². The fourth-order valence-corrected chi connectivity index (χ4v) is 4.37. The highest BCUT2D eigenvalue weighted by Crippen LogP contribution is 2.22. The maximum Gasteiger partial charge on any atom is 0.328 e. The van der Waals surface area contributed by atoms with Crippen molar-refractivity contribution in [2.24, 2.45) is 11.5 Å². The van der Waals surface area contributed by atoms with Crippen molar-refractivity contribution in [2.75, 3.05) is 39.9 Å². The van der Waals surface area contributed by atoms with Gasteiger partial charge in [0.25, 0.3) is 0 Å². The Balaban J connectivity index is -0.00000544. The maximum atomic E-state index is 12.2. The van der Waals surface area contributed by atoms with Gasteiger partial charge in [0.15, 0.2) is 0 Å². The molecule has 4 atom stereocenters. The molecular formula is C18H32Cl2N4O10S2. The van der Waals surface area contributed by atoms with E-state index in [1.165, 1.54) is 0 Å². The zero-order valence-corrected chi connectivity index (χ0v) is 23.3. The highest BCUT2D eigenvalue weighted by molar-refractivity contribution is 8.76. The second-order valence-electron chi connectivity index (χ2n) is 6.51. The van der Waals surface area contributed by atoms with Crippen molar-refractivity contribution in [2.45, 2.75) is 37.0 Å². The van der Waals surface area contributed by atoms with Gasteiger partial charge in [-0.05, 0) is 0 Å². The summed E-state index contributed by atoms with van der Waals surface area (Å²) in [5, 5.41) is 4.65. The van der Waals surface area contributed by atoms with Gasteiger partial charge in [-0.25, -0.2) is 9.59 Å². The number of methoxy groups -OCH3 is 4. The van der Waals surface area contributed by atoms with Crippen molar-refractivity contribution in [1.29, 1.82) is 0 Å². The molecule has 0 heterocycles. The molecule has 0 aromatic rings. The van der Waals surface area contributed by atoms with Crippen LogP contribution in [-0.4, -0.2) is 99.8 Å². The van der Waals surface area contributed by atoms with E-state index >= 15 is 0 Å². The first-order chi connectivity index (χ1) is 16.0. The van der Waals surface area contributed by atoms with Crippen LogP contribution in [0.5, 0.6) is 0 Å². The number of amides is 2. The number of esters is 4. The molecule has 0 aliphatic carbocycles. The first-order valence-electron chi connectivity index (χ1n) is 9.66. The highest BCUT2D eigenvalue weighted by Gasteiger charge is 2.29. The molecule has 36 heavy (non-hydrogen) atoms. The minimum atomic E-state index is -1.25. The van der Waals surface area contributed by atoms with Gasteiger partial charge in [0.2, 0.25) is 11.8 Å². The molecule has 0 radical (unpaired) electrons. The number of carbonyl (C=O) groups is 6. The molecule has 0 aliphatic heterocycles. The number of halogens is 2. The molecule has 0 fully saturated rings. The molecule has 0 rings (SSSR count). The van der Waals surface area contributed by atoms with E-state index in [2.05, 4.69) is 29.6 Å². The summed E-state index contributed by atoms with van der Waals surface area (Å²) in [6.07, 6.45) is -0.841. The van der Waals surface area contributed by atoms with E-state index in [9.17, 15) is 28.8 Å². The van der Waals surface area contributed by atoms with Crippen LogP contribution in [0.2, 0.25) is 0 Å². The van der Waals surface area contributed by atoms with Gasteiger partial charge >= 0.3 is 23.9 Å². The van der Waals surface area contributed by atoms with Crippen LogP contribution >= 0.6 is 46.4 Å². The molecule has 0 saturated carbocycles. The van der Waals surface area contributed by atoms with Gasteiger partial charge in [-0.15, -0.1) is 24.8 Å². The van der Waals surface area contributed by atoms with Crippen molar-refractivity contribution < 1.29 is 47.7 Å². The molecule has 0 saturated heterocycles. The summed E-state index contributed by atoms with van der Waals surface area (Å²) in [5.74, 6) is -4.32. The molecule has 18 heteroatoms. The fraction of sp³-hybridized carbons (Fsp3) is 0.667. The third-order valence-corrected chi connectivity index (χ3v) is 6.53. The van der Waals surface area contributed by atoms with E-state index < -0.39 is 72.7 Å². The van der Waals surface area contributed by atoms with Crippen LogP contribution in [0.15, 0.2) is 0 Å². The summed E-state index contributed by atoms with van der Waals surface area (Å²) in [5.41, 5.74) is 11.6. The van der Waals surface area contributed by atoms with Crippen molar-refractivity contribution in [3.8, 4) is 0 Å². The third-order valence-electron chi connectivity index (χ3n) is 4.05. The first kappa shape index (κ1) is 38.5. The van der Waals surface area contributed by atoms with Crippen LogP contribution in [0.3, 0.4) is 0 Å². The van der Waals surface area contributed by atoms with Crippen molar-refractivity contribution in [3.05, 3.63) is 0 Å². The van der Waals surface area contributed by atoms with E-state index in [1.807, 2.05) is 0 Å². The van der Waals surface area contributed by atoms with Crippen molar-refractivity contribution in [3.63, 3.8) is 0 Å². The lowest BCUT2D eigenvalue weighted by molar-refractivity contribution is -0.150. The van der Waals surface area contributed by atoms with Gasteiger partial charge in [0, 0.05) is 11.5 Å². The second-order valence-corrected chi connectivity index (χ2v) is 9.06. The minimum absolute atomic E-state index is 0. The lowest BCUT2D eigenvalue weighted by Gasteiger charge is -2.19. The van der Waals surface area contributed by atoms with Gasteiger partial charge in [-0.3, -0.25) is 19.2 Å². The molecule has 2 amide bonds. The third kappa shape index (κ3) is 15.2. The summed E-state index contributed by atoms with van der Waals surface area (Å²) < 4.78 is 18.0. The monoisotopic (exact) mass is 598 g/mol. The largest absolute Gasteiger partial charge is 0.469 e. The average molecular weight is 600 g/mol. The molecule has 0 aromatic carbocycles. The van der Waals surface area contributed by atoms with Crippen LogP contribution in [0.4, 0.5) is 0 Å². The number of hydrogen-bond acceptors (Lipinski definition) is 14. The van der Waals surface area contributed by atoms with Crippen LogP contribution in [-0.2, 0) is 47.7 Å². The number of rotatable bonds is 15. The molecule has 0 aliphatic rings. The zero-order chi connectivity index (χ0) is 26.3. The number of hydrogen-bond donors (Lipinski definition) is 4. The van der Waals surface area contributed by atoms with Gasteiger partial charge < -0.3 is 41.0 Å². The van der Waals surface area contributed by atoms with Crippen molar-refractivity contribution >= 4 is 82.1 Å². The maximum absolute atomic E-state index is 12.2. The molecule has 0 spiro atoms. The fourth-order valence-electron chi connectivity index (χ4n) is 2.12. The lowest BCUT2D eigenvalue weighted by Crippen LogP contribution is -2.50. The van der Waals surface area contributed by atoms with Crippen LogP contribution in [0, 0.1) is 0 Å². The standard InChI is InChI=1S/C18H30N4O10S2.2ClH/c1-29-13(23)5-11(17(27)31-3)21-15(25)9(19)7-33-34-8-10(20)16(26)22-12(18(28)32-4)6-14(24)30-2;;/h9-12H,5-8,19-20H2,1-4H3,(H,21,25)(H,22,26);2*1H. The predicted octanol–water partition coefficient (Wildman–Crippen LogP) is -1.69. The number of nitrogens with one attached hydrogen (secondary N) is 2. The summed E-state index contributed by atoms with van der Waals surface area (Å²) in [7, 11) is 6.76. The van der Waals surface area contributed by atoms with Crippen LogP contribution in [0.1, 0.15) is 12.8 Å². The molecular weight excluding hydrogens is 567 g/mol. The number of ether oxygens (including phenoxy) is 4. The Morgan fingerprint density at radius 1 is 0.639 bits per heavy atom. The Kier molecular flexibility index (Phi) is 22.6. The Morgan fingerprint density at radius 3 is 1.19 bits per heavy atom. The van der Waals surface area contributed by atoms with Crippen LogP contribution < -0.4 is 22.1 Å². The highest BCUT2D eigenvalue weighted by atomic mass is 35.5. The Hall–Kier alpha value is -1.98. The number of carbonyl (C=O) groups excluding carboxylic acids is 6. The minimum Gasteiger partial charge on any atom is -0.469 e. The number of nitrogens with two attached hydrogens (primary N) is 2. The Labute approximate surface area is 228 Å². The first-order valence-corrected chi connectivity index (χ1v) is 12.1. The molecule has 210 valence electrons. The predicted molar refractivity (Wildman–Crippen MR) is 137 cm³/mol. The van der Waals surface area contributed by atoms with Gasteiger partial charge in [-0.1, -0.05) is 21.6 Å². The van der Waals surface area contributed by atoms with Crippen LogP contribution in [0.25, 0.3) is 0 Å². The quantitative estimate of drug-likeness (QED) is 0.0715.